The van der Waals surface area contributed by atoms with Gasteiger partial charge in [0.25, 0.3) is 0 Å². The lowest BCUT2D eigenvalue weighted by molar-refractivity contribution is 0.0599. The Morgan fingerprint density at radius 2 is 2.06 bits per heavy atom. The van der Waals surface area contributed by atoms with Gasteiger partial charge < -0.3 is 10.1 Å². The van der Waals surface area contributed by atoms with Crippen molar-refractivity contribution < 1.29 is 9.13 Å². The minimum atomic E-state index is -0.162. The molecule has 0 aliphatic rings. The maximum atomic E-state index is 14.0. The molecular weight excluding hydrogens is 229 g/mol. The third kappa shape index (κ3) is 3.79. The van der Waals surface area contributed by atoms with Crippen LogP contribution in [0.5, 0.6) is 0 Å². The normalized spacial score (nSPS) is 14.5. The lowest BCUT2D eigenvalue weighted by atomic mass is 9.96. The molecule has 0 bridgehead atoms. The second-order valence-electron chi connectivity index (χ2n) is 4.62. The molecule has 3 heteroatoms. The van der Waals surface area contributed by atoms with E-state index in [1.54, 1.807) is 13.2 Å². The van der Waals surface area contributed by atoms with E-state index in [0.29, 0.717) is 5.56 Å². The van der Waals surface area contributed by atoms with Crippen LogP contribution in [0.25, 0.3) is 0 Å². The monoisotopic (exact) mass is 253 g/mol. The minimum Gasteiger partial charge on any atom is -0.379 e. The van der Waals surface area contributed by atoms with E-state index in [1.807, 2.05) is 19.9 Å². The van der Waals surface area contributed by atoms with Gasteiger partial charge in [0.15, 0.2) is 0 Å². The van der Waals surface area contributed by atoms with E-state index in [9.17, 15) is 4.39 Å². The zero-order valence-corrected chi connectivity index (χ0v) is 11.8. The molecular formula is C15H24FNO. The Labute approximate surface area is 110 Å². The summed E-state index contributed by atoms with van der Waals surface area (Å²) >= 11 is 0. The van der Waals surface area contributed by atoms with Gasteiger partial charge in [-0.3, -0.25) is 0 Å². The Hall–Kier alpha value is -0.930. The fourth-order valence-corrected chi connectivity index (χ4v) is 2.27. The van der Waals surface area contributed by atoms with Gasteiger partial charge >= 0.3 is 0 Å². The van der Waals surface area contributed by atoms with Crippen LogP contribution in [0.1, 0.15) is 43.9 Å². The summed E-state index contributed by atoms with van der Waals surface area (Å²) in [6.07, 6.45) is 1.95. The van der Waals surface area contributed by atoms with Crippen LogP contribution in [-0.2, 0) is 4.74 Å². The SMILES string of the molecule is CCCC(OC)C(NCC)c1cc(C)ccc1F. The van der Waals surface area contributed by atoms with Crippen molar-refractivity contribution in [1.82, 2.24) is 5.32 Å². The molecule has 0 aliphatic heterocycles. The second-order valence-corrected chi connectivity index (χ2v) is 4.62. The number of nitrogens with one attached hydrogen (secondary N) is 1. The molecule has 0 aliphatic carbocycles. The number of methoxy groups -OCH3 is 1. The first kappa shape index (κ1) is 15.1. The van der Waals surface area contributed by atoms with E-state index in [4.69, 9.17) is 4.74 Å². The minimum absolute atomic E-state index is 0.00579. The van der Waals surface area contributed by atoms with E-state index in [-0.39, 0.29) is 18.0 Å². The van der Waals surface area contributed by atoms with Gasteiger partial charge in [0.2, 0.25) is 0 Å². The largest absolute Gasteiger partial charge is 0.379 e. The van der Waals surface area contributed by atoms with Crippen molar-refractivity contribution >= 4 is 0 Å². The number of likely N-dealkylation sites (N-methyl/N-ethyl adjacent to an activating group) is 1. The third-order valence-electron chi connectivity index (χ3n) is 3.16. The van der Waals surface area contributed by atoms with Gasteiger partial charge in [0.05, 0.1) is 12.1 Å². The van der Waals surface area contributed by atoms with E-state index in [2.05, 4.69) is 12.2 Å². The molecule has 2 unspecified atom stereocenters. The Bertz CT molecular complexity index is 368. The van der Waals surface area contributed by atoms with Crippen LogP contribution in [0.15, 0.2) is 18.2 Å². The topological polar surface area (TPSA) is 21.3 Å². The number of rotatable bonds is 7. The molecule has 0 heterocycles. The van der Waals surface area contributed by atoms with Crippen molar-refractivity contribution in [2.45, 2.75) is 45.8 Å². The van der Waals surface area contributed by atoms with Crippen LogP contribution in [0, 0.1) is 12.7 Å². The lowest BCUT2D eigenvalue weighted by Crippen LogP contribution is -2.34. The quantitative estimate of drug-likeness (QED) is 0.801. The van der Waals surface area contributed by atoms with Crippen molar-refractivity contribution in [1.29, 1.82) is 0 Å². The lowest BCUT2D eigenvalue weighted by Gasteiger charge is -2.27. The van der Waals surface area contributed by atoms with E-state index in [0.717, 1.165) is 24.9 Å². The van der Waals surface area contributed by atoms with Crippen molar-refractivity contribution in [3.8, 4) is 0 Å². The first-order valence-corrected chi connectivity index (χ1v) is 6.66. The Morgan fingerprint density at radius 3 is 2.61 bits per heavy atom. The van der Waals surface area contributed by atoms with Crippen LogP contribution in [0.2, 0.25) is 0 Å². The fraction of sp³-hybridized carbons (Fsp3) is 0.600. The van der Waals surface area contributed by atoms with Gasteiger partial charge in [-0.25, -0.2) is 4.39 Å². The molecule has 2 atom stereocenters. The summed E-state index contributed by atoms with van der Waals surface area (Å²) in [5.41, 5.74) is 1.78. The number of halogens is 1. The molecule has 0 saturated carbocycles. The smallest absolute Gasteiger partial charge is 0.128 e. The van der Waals surface area contributed by atoms with Gasteiger partial charge in [0, 0.05) is 12.7 Å². The molecule has 0 saturated heterocycles. The van der Waals surface area contributed by atoms with Crippen molar-refractivity contribution in [3.05, 3.63) is 35.1 Å². The Balaban J connectivity index is 3.05. The number of benzene rings is 1. The fourth-order valence-electron chi connectivity index (χ4n) is 2.27. The van der Waals surface area contributed by atoms with E-state index >= 15 is 0 Å². The van der Waals surface area contributed by atoms with Crippen molar-refractivity contribution in [2.24, 2.45) is 0 Å². The van der Waals surface area contributed by atoms with Gasteiger partial charge in [-0.05, 0) is 26.0 Å². The standard InChI is InChI=1S/C15H24FNO/c1-5-7-14(18-4)15(17-6-2)12-10-11(3)8-9-13(12)16/h8-10,14-15,17H,5-7H2,1-4H3. The highest BCUT2D eigenvalue weighted by Crippen LogP contribution is 2.25. The molecule has 0 aromatic heterocycles. The van der Waals surface area contributed by atoms with Crippen molar-refractivity contribution in [2.75, 3.05) is 13.7 Å². The second kappa shape index (κ2) is 7.49. The highest BCUT2D eigenvalue weighted by molar-refractivity contribution is 5.27. The molecule has 0 amide bonds. The van der Waals surface area contributed by atoms with Gasteiger partial charge in [-0.1, -0.05) is 38.0 Å². The summed E-state index contributed by atoms with van der Waals surface area (Å²) < 4.78 is 19.5. The summed E-state index contributed by atoms with van der Waals surface area (Å²) in [6, 6.07) is 5.15. The molecule has 1 aromatic rings. The number of aryl methyl sites for hydroxylation is 1. The molecule has 1 rings (SSSR count). The van der Waals surface area contributed by atoms with Crippen LogP contribution in [0.4, 0.5) is 4.39 Å². The Morgan fingerprint density at radius 1 is 1.33 bits per heavy atom. The van der Waals surface area contributed by atoms with Crippen LogP contribution in [-0.4, -0.2) is 19.8 Å². The zero-order chi connectivity index (χ0) is 13.5. The molecule has 2 nitrogen and oxygen atoms in total. The first-order chi connectivity index (χ1) is 8.63. The maximum Gasteiger partial charge on any atom is 0.128 e. The highest BCUT2D eigenvalue weighted by Gasteiger charge is 2.24. The summed E-state index contributed by atoms with van der Waals surface area (Å²) in [5, 5.41) is 3.34. The molecule has 102 valence electrons. The maximum absolute atomic E-state index is 14.0. The van der Waals surface area contributed by atoms with Crippen molar-refractivity contribution in [3.63, 3.8) is 0 Å². The molecule has 18 heavy (non-hydrogen) atoms. The van der Waals surface area contributed by atoms with Crippen LogP contribution in [0.3, 0.4) is 0 Å². The Kier molecular flexibility index (Phi) is 6.30. The number of hydrogen-bond acceptors (Lipinski definition) is 2. The molecule has 0 fully saturated rings. The van der Waals surface area contributed by atoms with E-state index in [1.165, 1.54) is 6.07 Å². The zero-order valence-electron chi connectivity index (χ0n) is 11.8. The van der Waals surface area contributed by atoms with Crippen LogP contribution >= 0.6 is 0 Å². The number of ether oxygens (including phenoxy) is 1. The van der Waals surface area contributed by atoms with E-state index < -0.39 is 0 Å². The van der Waals surface area contributed by atoms with Gasteiger partial charge in [-0.15, -0.1) is 0 Å². The predicted molar refractivity (Wildman–Crippen MR) is 73.3 cm³/mol. The molecule has 1 aromatic carbocycles. The number of hydrogen-bond donors (Lipinski definition) is 1. The molecule has 1 N–H and O–H groups in total. The average Bonchev–Trinajstić information content (AvgIpc) is 2.37. The predicted octanol–water partition coefficient (Wildman–Crippen LogP) is 3.60. The summed E-state index contributed by atoms with van der Waals surface area (Å²) in [4.78, 5) is 0. The highest BCUT2D eigenvalue weighted by atomic mass is 19.1. The molecule has 0 radical (unpaired) electrons. The molecule has 0 spiro atoms. The summed E-state index contributed by atoms with van der Waals surface area (Å²) in [7, 11) is 1.69. The third-order valence-corrected chi connectivity index (χ3v) is 3.16. The first-order valence-electron chi connectivity index (χ1n) is 6.66. The summed E-state index contributed by atoms with van der Waals surface area (Å²) in [6.45, 7) is 6.91. The van der Waals surface area contributed by atoms with Gasteiger partial charge in [0.1, 0.15) is 5.82 Å². The average molecular weight is 253 g/mol. The van der Waals surface area contributed by atoms with Crippen LogP contribution < -0.4 is 5.32 Å². The summed E-state index contributed by atoms with van der Waals surface area (Å²) in [5.74, 6) is -0.162. The van der Waals surface area contributed by atoms with Gasteiger partial charge in [-0.2, -0.15) is 0 Å².